The number of aryl methyl sites for hydroxylation is 2. The predicted molar refractivity (Wildman–Crippen MR) is 158 cm³/mol. The van der Waals surface area contributed by atoms with Gasteiger partial charge in [-0.2, -0.15) is 0 Å². The molecule has 0 spiro atoms. The fraction of sp³-hybridized carbons (Fsp3) is 0.333. The first-order valence-electron chi connectivity index (χ1n) is 13.0. The van der Waals surface area contributed by atoms with Crippen LogP contribution in [0.3, 0.4) is 0 Å². The first-order chi connectivity index (χ1) is 19.0. The summed E-state index contributed by atoms with van der Waals surface area (Å²) >= 11 is 6.27. The van der Waals surface area contributed by atoms with Gasteiger partial charge >= 0.3 is 0 Å². The summed E-state index contributed by atoms with van der Waals surface area (Å²) in [6.07, 6.45) is 0.738. The summed E-state index contributed by atoms with van der Waals surface area (Å²) in [5.41, 5.74) is 2.58. The number of rotatable bonds is 12. The zero-order valence-electron chi connectivity index (χ0n) is 23.5. The number of hydrogen-bond donors (Lipinski definition) is 1. The smallest absolute Gasteiger partial charge is 0.264 e. The van der Waals surface area contributed by atoms with E-state index in [1.165, 1.54) is 23.1 Å². The molecule has 0 aromatic heterocycles. The second-order valence-corrected chi connectivity index (χ2v) is 11.9. The van der Waals surface area contributed by atoms with Crippen LogP contribution in [-0.4, -0.2) is 51.4 Å². The third-order valence-electron chi connectivity index (χ3n) is 6.56. The van der Waals surface area contributed by atoms with Gasteiger partial charge in [0, 0.05) is 18.1 Å². The standard InChI is InChI=1S/C30H36ClN3O5S/c1-6-17-32-30(36)23(4)33(19-24-10-13-26(39-5)14-11-24)29(35)20-34(28-18-25(31)12-9-22(28)3)40(37,38)27-15-7-21(2)8-16-27/h7-16,18,23H,6,17,19-20H2,1-5H3,(H,32,36)/t23-/m0/s1. The van der Waals surface area contributed by atoms with Gasteiger partial charge < -0.3 is 15.0 Å². The average molecular weight is 586 g/mol. The second kappa shape index (κ2) is 13.7. The number of ether oxygens (including phenoxy) is 1. The predicted octanol–water partition coefficient (Wildman–Crippen LogP) is 5.10. The molecule has 0 radical (unpaired) electrons. The maximum atomic E-state index is 14.0. The molecule has 1 N–H and O–H groups in total. The van der Waals surface area contributed by atoms with E-state index in [1.807, 2.05) is 13.8 Å². The molecule has 2 amide bonds. The molecule has 0 aliphatic carbocycles. The van der Waals surface area contributed by atoms with E-state index in [0.29, 0.717) is 22.9 Å². The zero-order chi connectivity index (χ0) is 29.4. The van der Waals surface area contributed by atoms with Crippen LogP contribution < -0.4 is 14.4 Å². The SMILES string of the molecule is CCCNC(=O)[C@H](C)N(Cc1ccc(OC)cc1)C(=O)CN(c1cc(Cl)ccc1C)S(=O)(=O)c1ccc(C)cc1. The van der Waals surface area contributed by atoms with Gasteiger partial charge in [-0.1, -0.05) is 54.4 Å². The lowest BCUT2D eigenvalue weighted by Crippen LogP contribution is -2.51. The van der Waals surface area contributed by atoms with Gasteiger partial charge in [0.15, 0.2) is 0 Å². The number of carbonyl (C=O) groups excluding carboxylic acids is 2. The number of methoxy groups -OCH3 is 1. The summed E-state index contributed by atoms with van der Waals surface area (Å²) < 4.78 is 34.2. The van der Waals surface area contributed by atoms with E-state index in [0.717, 1.165) is 21.9 Å². The molecule has 0 saturated carbocycles. The summed E-state index contributed by atoms with van der Waals surface area (Å²) in [6.45, 7) is 7.21. The Morgan fingerprint density at radius 3 is 2.25 bits per heavy atom. The molecule has 0 heterocycles. The maximum absolute atomic E-state index is 14.0. The van der Waals surface area contributed by atoms with E-state index in [2.05, 4.69) is 5.32 Å². The van der Waals surface area contributed by atoms with Crippen LogP contribution in [0.25, 0.3) is 0 Å². The van der Waals surface area contributed by atoms with Gasteiger partial charge in [0.2, 0.25) is 11.8 Å². The van der Waals surface area contributed by atoms with E-state index in [4.69, 9.17) is 16.3 Å². The largest absolute Gasteiger partial charge is 0.497 e. The Bertz CT molecular complexity index is 1430. The first kappa shape index (κ1) is 31.0. The monoisotopic (exact) mass is 585 g/mol. The Labute approximate surface area is 241 Å². The van der Waals surface area contributed by atoms with E-state index in [9.17, 15) is 18.0 Å². The second-order valence-electron chi connectivity index (χ2n) is 9.59. The molecule has 3 rings (SSSR count). The fourth-order valence-corrected chi connectivity index (χ4v) is 5.75. The van der Waals surface area contributed by atoms with Crippen LogP contribution in [0.15, 0.2) is 71.6 Å². The highest BCUT2D eigenvalue weighted by Crippen LogP contribution is 2.30. The molecular formula is C30H36ClN3O5S. The lowest BCUT2D eigenvalue weighted by molar-refractivity contribution is -0.139. The molecule has 8 nitrogen and oxygen atoms in total. The van der Waals surface area contributed by atoms with E-state index >= 15 is 0 Å². The molecule has 0 aliphatic heterocycles. The number of nitrogens with zero attached hydrogens (tertiary/aromatic N) is 2. The van der Waals surface area contributed by atoms with E-state index in [1.54, 1.807) is 69.5 Å². The van der Waals surface area contributed by atoms with E-state index < -0.39 is 28.5 Å². The van der Waals surface area contributed by atoms with Crippen LogP contribution in [0, 0.1) is 13.8 Å². The number of benzene rings is 3. The maximum Gasteiger partial charge on any atom is 0.264 e. The quantitative estimate of drug-likeness (QED) is 0.319. The molecule has 0 fully saturated rings. The van der Waals surface area contributed by atoms with Gasteiger partial charge in [0.05, 0.1) is 17.7 Å². The summed E-state index contributed by atoms with van der Waals surface area (Å²) in [5.74, 6) is -0.206. The minimum absolute atomic E-state index is 0.0423. The number of nitrogens with one attached hydrogen (secondary N) is 1. The van der Waals surface area contributed by atoms with Crippen molar-refractivity contribution in [2.45, 2.75) is 51.6 Å². The molecule has 214 valence electrons. The molecule has 0 bridgehead atoms. The summed E-state index contributed by atoms with van der Waals surface area (Å²) in [4.78, 5) is 28.4. The molecule has 40 heavy (non-hydrogen) atoms. The average Bonchev–Trinajstić information content (AvgIpc) is 2.94. The summed E-state index contributed by atoms with van der Waals surface area (Å²) in [6, 6.07) is 17.6. The third kappa shape index (κ3) is 7.55. The number of anilines is 1. The Morgan fingerprint density at radius 1 is 1.00 bits per heavy atom. The molecular weight excluding hydrogens is 550 g/mol. The number of carbonyl (C=O) groups is 2. The molecule has 0 saturated heterocycles. The Hall–Kier alpha value is -3.56. The Morgan fingerprint density at radius 2 is 1.65 bits per heavy atom. The molecule has 0 aliphatic rings. The lowest BCUT2D eigenvalue weighted by Gasteiger charge is -2.32. The molecule has 3 aromatic carbocycles. The number of hydrogen-bond acceptors (Lipinski definition) is 5. The summed E-state index contributed by atoms with van der Waals surface area (Å²) in [5, 5.41) is 3.17. The van der Waals surface area contributed by atoms with Gasteiger partial charge in [-0.3, -0.25) is 13.9 Å². The number of amides is 2. The Balaban J connectivity index is 2.05. The van der Waals surface area contributed by atoms with Gasteiger partial charge in [0.1, 0.15) is 18.3 Å². The summed E-state index contributed by atoms with van der Waals surface area (Å²) in [7, 11) is -2.61. The highest BCUT2D eigenvalue weighted by atomic mass is 35.5. The topological polar surface area (TPSA) is 96.0 Å². The van der Waals surface area contributed by atoms with Crippen LogP contribution >= 0.6 is 11.6 Å². The van der Waals surface area contributed by atoms with Crippen LogP contribution in [0.4, 0.5) is 5.69 Å². The minimum atomic E-state index is -4.17. The third-order valence-corrected chi connectivity index (χ3v) is 8.57. The van der Waals surface area contributed by atoms with Crippen molar-refractivity contribution in [3.63, 3.8) is 0 Å². The van der Waals surface area contributed by atoms with Crippen molar-refractivity contribution in [3.8, 4) is 5.75 Å². The van der Waals surface area contributed by atoms with Crippen LogP contribution in [0.2, 0.25) is 5.02 Å². The highest BCUT2D eigenvalue weighted by molar-refractivity contribution is 7.92. The van der Waals surface area contributed by atoms with Crippen LogP contribution in [-0.2, 0) is 26.2 Å². The molecule has 0 unspecified atom stereocenters. The molecule has 1 atom stereocenters. The highest BCUT2D eigenvalue weighted by Gasteiger charge is 2.33. The lowest BCUT2D eigenvalue weighted by atomic mass is 10.1. The van der Waals surface area contributed by atoms with Crippen molar-refractivity contribution in [2.24, 2.45) is 0 Å². The van der Waals surface area contributed by atoms with Crippen molar-refractivity contribution in [1.82, 2.24) is 10.2 Å². The van der Waals surface area contributed by atoms with Crippen LogP contribution in [0.1, 0.15) is 37.0 Å². The van der Waals surface area contributed by atoms with Crippen molar-refractivity contribution in [3.05, 3.63) is 88.4 Å². The first-order valence-corrected chi connectivity index (χ1v) is 14.9. The minimum Gasteiger partial charge on any atom is -0.497 e. The Kier molecular flexibility index (Phi) is 10.6. The van der Waals surface area contributed by atoms with Gasteiger partial charge in [-0.25, -0.2) is 8.42 Å². The van der Waals surface area contributed by atoms with Crippen molar-refractivity contribution in [2.75, 3.05) is 24.5 Å². The van der Waals surface area contributed by atoms with Crippen molar-refractivity contribution in [1.29, 1.82) is 0 Å². The van der Waals surface area contributed by atoms with Crippen LogP contribution in [0.5, 0.6) is 5.75 Å². The van der Waals surface area contributed by atoms with Gasteiger partial charge in [0.25, 0.3) is 10.0 Å². The van der Waals surface area contributed by atoms with E-state index in [-0.39, 0.29) is 23.0 Å². The number of sulfonamides is 1. The van der Waals surface area contributed by atoms with Gasteiger partial charge in [-0.05, 0) is 74.7 Å². The normalized spacial score (nSPS) is 11.9. The van der Waals surface area contributed by atoms with Gasteiger partial charge in [-0.15, -0.1) is 0 Å². The number of halogens is 1. The fourth-order valence-electron chi connectivity index (χ4n) is 4.11. The zero-order valence-corrected chi connectivity index (χ0v) is 25.1. The molecule has 3 aromatic rings. The van der Waals surface area contributed by atoms with Crippen molar-refractivity contribution < 1.29 is 22.7 Å². The van der Waals surface area contributed by atoms with Crippen molar-refractivity contribution >= 4 is 39.1 Å². The molecule has 10 heteroatoms.